The molecule has 11 nitrogen and oxygen atoms in total. The molecule has 1 heterocycles. The summed E-state index contributed by atoms with van der Waals surface area (Å²) >= 11 is 0. The standard InChI is InChI=1S/C71H119NO10/c1-4-7-10-13-16-19-22-25-27-29-31-32-33-35-36-38-40-43-46-49-52-55-58-64(75)70(79)72-62(63(74)57-54-51-48-45-42-24-21-18-15-12-9-6-3)61-80-71-69(68(78)67(77)65(60-73)81-71)82-66(76)59-56-53-50-47-44-41-39-37-34-30-28-26-23-20-17-14-11-8-5-2/h7,10,16-17,19-20,25-28,31-32,34-37,41,44,54,57,62-65,67-69,71,73-75,77-78H,4-6,8-9,11-15,18,21-24,29-30,33,38-40,42-43,45-53,55-56,58-61H2,1-3H3,(H,72,79)/b10-7-,19-16-,20-17-,27-25-,28-26-,32-31-,36-35-,37-34-,44-41-,57-54+. The summed E-state index contributed by atoms with van der Waals surface area (Å²) in [6.45, 7) is 5.62. The molecule has 0 saturated carbocycles. The molecule has 1 amide bonds. The zero-order chi connectivity index (χ0) is 59.6. The molecule has 82 heavy (non-hydrogen) atoms. The minimum Gasteiger partial charge on any atom is -0.454 e. The van der Waals surface area contributed by atoms with E-state index in [1.165, 1.54) is 70.6 Å². The summed E-state index contributed by atoms with van der Waals surface area (Å²) in [5, 5.41) is 57.1. The summed E-state index contributed by atoms with van der Waals surface area (Å²) in [4.78, 5) is 26.6. The first-order valence-electron chi connectivity index (χ1n) is 32.8. The second kappa shape index (κ2) is 57.5. The lowest BCUT2D eigenvalue weighted by atomic mass is 9.99. The molecule has 468 valence electrons. The highest BCUT2D eigenvalue weighted by molar-refractivity contribution is 5.80. The minimum atomic E-state index is -1.64. The molecule has 0 aromatic rings. The van der Waals surface area contributed by atoms with Gasteiger partial charge in [0, 0.05) is 6.42 Å². The van der Waals surface area contributed by atoms with Crippen LogP contribution in [0.3, 0.4) is 0 Å². The molecule has 11 heteroatoms. The van der Waals surface area contributed by atoms with Crippen molar-refractivity contribution < 1.29 is 49.3 Å². The number of aliphatic hydroxyl groups excluding tert-OH is 5. The van der Waals surface area contributed by atoms with Crippen LogP contribution in [0.4, 0.5) is 0 Å². The summed E-state index contributed by atoms with van der Waals surface area (Å²) in [6.07, 6.45) is 69.4. The number of hydrogen-bond donors (Lipinski definition) is 6. The molecule has 8 unspecified atom stereocenters. The zero-order valence-corrected chi connectivity index (χ0v) is 51.8. The lowest BCUT2D eigenvalue weighted by Gasteiger charge is -2.41. The molecule has 1 saturated heterocycles. The van der Waals surface area contributed by atoms with Crippen molar-refractivity contribution >= 4 is 11.9 Å². The Morgan fingerprint density at radius 2 is 0.878 bits per heavy atom. The van der Waals surface area contributed by atoms with Gasteiger partial charge in [-0.25, -0.2) is 0 Å². The Bertz CT molecular complexity index is 1800. The van der Waals surface area contributed by atoms with E-state index in [2.05, 4.69) is 135 Å². The molecule has 0 aromatic carbocycles. The van der Waals surface area contributed by atoms with E-state index in [-0.39, 0.29) is 19.4 Å². The maximum atomic E-state index is 13.5. The highest BCUT2D eigenvalue weighted by Gasteiger charge is 2.47. The number of aliphatic hydroxyl groups is 5. The number of rotatable bonds is 54. The van der Waals surface area contributed by atoms with E-state index in [0.29, 0.717) is 12.8 Å². The number of esters is 1. The first-order valence-corrected chi connectivity index (χ1v) is 32.8. The molecule has 1 aliphatic rings. The van der Waals surface area contributed by atoms with Crippen molar-refractivity contribution in [2.45, 2.75) is 301 Å². The van der Waals surface area contributed by atoms with E-state index < -0.39 is 67.4 Å². The number of allylic oxidation sites excluding steroid dienone is 19. The van der Waals surface area contributed by atoms with Gasteiger partial charge in [0.1, 0.15) is 24.4 Å². The Balaban J connectivity index is 2.68. The van der Waals surface area contributed by atoms with Gasteiger partial charge in [0.25, 0.3) is 0 Å². The van der Waals surface area contributed by atoms with Crippen LogP contribution >= 0.6 is 0 Å². The largest absolute Gasteiger partial charge is 0.454 e. The average Bonchev–Trinajstić information content (AvgIpc) is 3.68. The van der Waals surface area contributed by atoms with Crippen LogP contribution in [-0.2, 0) is 23.8 Å². The number of carbonyl (C=O) groups excluding carboxylic acids is 2. The molecule has 1 aliphatic heterocycles. The smallest absolute Gasteiger partial charge is 0.306 e. The maximum absolute atomic E-state index is 13.5. The number of unbranched alkanes of at least 4 members (excludes halogenated alkanes) is 22. The Labute approximate surface area is 500 Å². The van der Waals surface area contributed by atoms with Crippen LogP contribution in [0.5, 0.6) is 0 Å². The molecule has 8 atom stereocenters. The van der Waals surface area contributed by atoms with Crippen molar-refractivity contribution in [3.8, 4) is 0 Å². The molecule has 6 N–H and O–H groups in total. The number of ether oxygens (including phenoxy) is 3. The SMILES string of the molecule is CC/C=C\C/C=C\C/C=C\C/C=C\C/C=C\CCCCCCCCC(O)C(=O)NC(COC1OC(CO)C(O)C(O)C1OC(=O)CCCCC/C=C\C/C=C\C/C=C\C/C=C\CCCCC)C(O)/C=C/CCCCCCCCCCCC. The highest BCUT2D eigenvalue weighted by Crippen LogP contribution is 2.26. The molecule has 1 rings (SSSR count). The fourth-order valence-electron chi connectivity index (χ4n) is 9.42. The molecule has 0 aromatic heterocycles. The van der Waals surface area contributed by atoms with Crippen molar-refractivity contribution in [1.29, 1.82) is 0 Å². The summed E-state index contributed by atoms with van der Waals surface area (Å²) in [5.41, 5.74) is 0. The minimum absolute atomic E-state index is 0.0784. The number of amides is 1. The van der Waals surface area contributed by atoms with Gasteiger partial charge in [-0.3, -0.25) is 9.59 Å². The van der Waals surface area contributed by atoms with E-state index in [9.17, 15) is 35.1 Å². The van der Waals surface area contributed by atoms with Crippen LogP contribution in [0.25, 0.3) is 0 Å². The van der Waals surface area contributed by atoms with Gasteiger partial charge in [0.15, 0.2) is 12.4 Å². The van der Waals surface area contributed by atoms with Gasteiger partial charge in [-0.1, -0.05) is 251 Å². The summed E-state index contributed by atoms with van der Waals surface area (Å²) in [7, 11) is 0. The van der Waals surface area contributed by atoms with Crippen molar-refractivity contribution in [3.63, 3.8) is 0 Å². The average molecular weight is 1150 g/mol. The third kappa shape index (κ3) is 44.6. The highest BCUT2D eigenvalue weighted by atomic mass is 16.7. The number of nitrogens with one attached hydrogen (secondary N) is 1. The molecular weight excluding hydrogens is 1030 g/mol. The van der Waals surface area contributed by atoms with Crippen LogP contribution in [-0.4, -0.2) is 99.6 Å². The normalized spacial score (nSPS) is 19.4. The zero-order valence-electron chi connectivity index (χ0n) is 51.8. The lowest BCUT2D eigenvalue weighted by molar-refractivity contribution is -0.305. The fourth-order valence-corrected chi connectivity index (χ4v) is 9.42. The van der Waals surface area contributed by atoms with Crippen molar-refractivity contribution in [2.75, 3.05) is 13.2 Å². The van der Waals surface area contributed by atoms with Crippen molar-refractivity contribution in [3.05, 3.63) is 122 Å². The van der Waals surface area contributed by atoms with E-state index in [1.807, 2.05) is 6.08 Å². The summed E-state index contributed by atoms with van der Waals surface area (Å²) < 4.78 is 17.6. The topological polar surface area (TPSA) is 175 Å². The summed E-state index contributed by atoms with van der Waals surface area (Å²) in [6, 6.07) is -1.05. The number of carbonyl (C=O) groups is 2. The van der Waals surface area contributed by atoms with Crippen LogP contribution < -0.4 is 5.32 Å². The van der Waals surface area contributed by atoms with Crippen LogP contribution in [0.2, 0.25) is 0 Å². The van der Waals surface area contributed by atoms with Crippen LogP contribution in [0, 0.1) is 0 Å². The Hall–Kier alpha value is -3.94. The van der Waals surface area contributed by atoms with Gasteiger partial charge in [0.05, 0.1) is 25.4 Å². The molecule has 0 spiro atoms. The lowest BCUT2D eigenvalue weighted by Crippen LogP contribution is -2.61. The molecule has 1 fully saturated rings. The number of hydrogen-bond acceptors (Lipinski definition) is 10. The Morgan fingerprint density at radius 1 is 0.488 bits per heavy atom. The van der Waals surface area contributed by atoms with E-state index >= 15 is 0 Å². The third-order valence-electron chi connectivity index (χ3n) is 14.6. The predicted molar refractivity (Wildman–Crippen MR) is 342 cm³/mol. The Kier molecular flexibility index (Phi) is 53.3. The van der Waals surface area contributed by atoms with Crippen molar-refractivity contribution in [2.24, 2.45) is 0 Å². The summed E-state index contributed by atoms with van der Waals surface area (Å²) in [5.74, 6) is -1.25. The predicted octanol–water partition coefficient (Wildman–Crippen LogP) is 16.2. The molecule has 0 aliphatic carbocycles. The first-order chi connectivity index (χ1) is 40.2. The van der Waals surface area contributed by atoms with Crippen LogP contribution in [0.1, 0.15) is 252 Å². The Morgan fingerprint density at radius 3 is 1.34 bits per heavy atom. The third-order valence-corrected chi connectivity index (χ3v) is 14.6. The van der Waals surface area contributed by atoms with E-state index in [0.717, 1.165) is 135 Å². The van der Waals surface area contributed by atoms with Gasteiger partial charge in [0.2, 0.25) is 5.91 Å². The van der Waals surface area contributed by atoms with Crippen LogP contribution in [0.15, 0.2) is 122 Å². The first kappa shape index (κ1) is 76.1. The van der Waals surface area contributed by atoms with Gasteiger partial charge in [-0.2, -0.15) is 0 Å². The molecular formula is C71H119NO10. The second-order valence-corrected chi connectivity index (χ2v) is 22.1. The monoisotopic (exact) mass is 1150 g/mol. The second-order valence-electron chi connectivity index (χ2n) is 22.1. The van der Waals surface area contributed by atoms with E-state index in [1.54, 1.807) is 6.08 Å². The fraction of sp³-hybridized carbons (Fsp3) is 0.690. The van der Waals surface area contributed by atoms with Gasteiger partial charge >= 0.3 is 5.97 Å². The quantitative estimate of drug-likeness (QED) is 0.0195. The van der Waals surface area contributed by atoms with E-state index in [4.69, 9.17) is 14.2 Å². The van der Waals surface area contributed by atoms with Crippen molar-refractivity contribution in [1.82, 2.24) is 5.32 Å². The molecule has 0 bridgehead atoms. The van der Waals surface area contributed by atoms with Gasteiger partial charge < -0.3 is 45.1 Å². The molecule has 0 radical (unpaired) electrons. The van der Waals surface area contributed by atoms with Gasteiger partial charge in [-0.15, -0.1) is 0 Å². The maximum Gasteiger partial charge on any atom is 0.306 e. The van der Waals surface area contributed by atoms with Gasteiger partial charge in [-0.05, 0) is 116 Å².